The number of morpholine rings is 1. The molecule has 1 amide bonds. The van der Waals surface area contributed by atoms with Gasteiger partial charge in [0.25, 0.3) is 0 Å². The molecular formula is C20H31N3O2. The van der Waals surface area contributed by atoms with E-state index in [2.05, 4.69) is 42.4 Å². The van der Waals surface area contributed by atoms with E-state index in [9.17, 15) is 4.79 Å². The van der Waals surface area contributed by atoms with E-state index in [-0.39, 0.29) is 24.0 Å². The second-order valence-electron chi connectivity index (χ2n) is 7.67. The molecule has 0 saturated carbocycles. The fourth-order valence-corrected chi connectivity index (χ4v) is 4.04. The number of hydrogen-bond acceptors (Lipinski definition) is 4. The molecular weight excluding hydrogens is 314 g/mol. The maximum atomic E-state index is 12.7. The summed E-state index contributed by atoms with van der Waals surface area (Å²) in [5, 5.41) is 6.59. The van der Waals surface area contributed by atoms with Crippen LogP contribution in [0.5, 0.6) is 0 Å². The van der Waals surface area contributed by atoms with Crippen molar-refractivity contribution in [3.05, 3.63) is 29.8 Å². The number of carbonyl (C=O) groups is 1. The summed E-state index contributed by atoms with van der Waals surface area (Å²) >= 11 is 0. The third-order valence-corrected chi connectivity index (χ3v) is 5.16. The summed E-state index contributed by atoms with van der Waals surface area (Å²) in [6.07, 6.45) is 2.33. The molecule has 2 heterocycles. The van der Waals surface area contributed by atoms with Crippen molar-refractivity contribution in [2.24, 2.45) is 5.92 Å². The van der Waals surface area contributed by atoms with Crippen LogP contribution in [0.3, 0.4) is 0 Å². The molecule has 2 fully saturated rings. The smallest absolute Gasteiger partial charge is 0.227 e. The summed E-state index contributed by atoms with van der Waals surface area (Å²) in [5.74, 6) is 0.261. The van der Waals surface area contributed by atoms with Crippen molar-refractivity contribution in [2.45, 2.75) is 58.4 Å². The highest BCUT2D eigenvalue weighted by molar-refractivity contribution is 5.93. The zero-order valence-electron chi connectivity index (χ0n) is 15.6. The van der Waals surface area contributed by atoms with Crippen LogP contribution in [0.1, 0.15) is 39.2 Å². The largest absolute Gasteiger partial charge is 0.373 e. The number of nitrogens with one attached hydrogen (secondary N) is 2. The molecule has 5 nitrogen and oxygen atoms in total. The molecule has 2 unspecified atom stereocenters. The van der Waals surface area contributed by atoms with Crippen LogP contribution in [-0.4, -0.2) is 48.7 Å². The average molecular weight is 345 g/mol. The highest BCUT2D eigenvalue weighted by Gasteiger charge is 2.26. The Labute approximate surface area is 151 Å². The first-order valence-corrected chi connectivity index (χ1v) is 9.51. The number of rotatable bonds is 4. The molecule has 25 heavy (non-hydrogen) atoms. The number of anilines is 1. The minimum absolute atomic E-state index is 0.104. The zero-order valence-corrected chi connectivity index (χ0v) is 15.6. The molecule has 5 heteroatoms. The number of hydrogen-bond donors (Lipinski definition) is 2. The van der Waals surface area contributed by atoms with Crippen LogP contribution in [0.15, 0.2) is 24.3 Å². The van der Waals surface area contributed by atoms with Crippen LogP contribution in [0.4, 0.5) is 5.69 Å². The minimum Gasteiger partial charge on any atom is -0.373 e. The summed E-state index contributed by atoms with van der Waals surface area (Å²) < 4.78 is 5.82. The van der Waals surface area contributed by atoms with Gasteiger partial charge in [0.2, 0.25) is 5.91 Å². The maximum absolute atomic E-state index is 12.7. The van der Waals surface area contributed by atoms with Gasteiger partial charge in [-0.05, 0) is 51.8 Å². The number of para-hydroxylation sites is 1. The molecule has 0 aromatic heterocycles. The van der Waals surface area contributed by atoms with Crippen LogP contribution in [0.25, 0.3) is 0 Å². The number of piperidine rings is 1. The SMILES string of the molecule is CC1CN(Cc2ccccc2NC(=O)[C@H]2CCN[C@@H](C)C2)CC(C)O1. The third kappa shape index (κ3) is 5.03. The first-order valence-electron chi connectivity index (χ1n) is 9.51. The van der Waals surface area contributed by atoms with Crippen molar-refractivity contribution in [1.82, 2.24) is 10.2 Å². The van der Waals surface area contributed by atoms with Gasteiger partial charge in [0.05, 0.1) is 12.2 Å². The topological polar surface area (TPSA) is 53.6 Å². The summed E-state index contributed by atoms with van der Waals surface area (Å²) in [6.45, 7) is 10.0. The molecule has 2 saturated heterocycles. The van der Waals surface area contributed by atoms with Crippen LogP contribution in [-0.2, 0) is 16.1 Å². The zero-order chi connectivity index (χ0) is 17.8. The lowest BCUT2D eigenvalue weighted by atomic mass is 9.92. The van der Waals surface area contributed by atoms with Gasteiger partial charge in [0.1, 0.15) is 0 Å². The van der Waals surface area contributed by atoms with Crippen molar-refractivity contribution in [1.29, 1.82) is 0 Å². The van der Waals surface area contributed by atoms with E-state index < -0.39 is 0 Å². The molecule has 0 bridgehead atoms. The lowest BCUT2D eigenvalue weighted by molar-refractivity contribution is -0.120. The van der Waals surface area contributed by atoms with Crippen LogP contribution >= 0.6 is 0 Å². The van der Waals surface area contributed by atoms with E-state index in [1.54, 1.807) is 0 Å². The summed E-state index contributed by atoms with van der Waals surface area (Å²) in [5.41, 5.74) is 2.13. The Bertz CT molecular complexity index is 582. The standard InChI is InChI=1S/C20H31N3O2/c1-14-10-17(8-9-21-14)20(24)22-19-7-5-4-6-18(19)13-23-11-15(2)25-16(3)12-23/h4-7,14-17,21H,8-13H2,1-3H3,(H,22,24)/t14-,15?,16?,17-/m0/s1. The monoisotopic (exact) mass is 345 g/mol. The molecule has 2 aliphatic heterocycles. The Morgan fingerprint density at radius 2 is 1.96 bits per heavy atom. The number of carbonyl (C=O) groups excluding carboxylic acids is 1. The molecule has 138 valence electrons. The Hall–Kier alpha value is -1.43. The van der Waals surface area contributed by atoms with E-state index in [1.165, 1.54) is 5.56 Å². The maximum Gasteiger partial charge on any atom is 0.227 e. The second kappa shape index (κ2) is 8.30. The van der Waals surface area contributed by atoms with E-state index >= 15 is 0 Å². The van der Waals surface area contributed by atoms with Gasteiger partial charge in [-0.1, -0.05) is 18.2 Å². The minimum atomic E-state index is 0.104. The molecule has 0 radical (unpaired) electrons. The predicted octanol–water partition coefficient (Wildman–Crippen LogP) is 2.62. The van der Waals surface area contributed by atoms with Gasteiger partial charge in [-0.2, -0.15) is 0 Å². The quantitative estimate of drug-likeness (QED) is 0.881. The Balaban J connectivity index is 1.65. The van der Waals surface area contributed by atoms with Crippen molar-refractivity contribution in [3.8, 4) is 0 Å². The lowest BCUT2D eigenvalue weighted by Gasteiger charge is -2.35. The molecule has 2 N–H and O–H groups in total. The first-order chi connectivity index (χ1) is 12.0. The number of amides is 1. The average Bonchev–Trinajstić information content (AvgIpc) is 2.55. The predicted molar refractivity (Wildman–Crippen MR) is 101 cm³/mol. The van der Waals surface area contributed by atoms with E-state index in [1.807, 2.05) is 18.2 Å². The van der Waals surface area contributed by atoms with Crippen LogP contribution in [0, 0.1) is 5.92 Å². The van der Waals surface area contributed by atoms with Gasteiger partial charge >= 0.3 is 0 Å². The molecule has 3 rings (SSSR count). The summed E-state index contributed by atoms with van der Waals surface area (Å²) in [7, 11) is 0. The van der Waals surface area contributed by atoms with Crippen molar-refractivity contribution >= 4 is 11.6 Å². The van der Waals surface area contributed by atoms with Gasteiger partial charge in [-0.15, -0.1) is 0 Å². The molecule has 1 aromatic carbocycles. The van der Waals surface area contributed by atoms with Gasteiger partial charge in [0.15, 0.2) is 0 Å². The summed E-state index contributed by atoms with van der Waals surface area (Å²) in [6, 6.07) is 8.59. The van der Waals surface area contributed by atoms with Gasteiger partial charge in [0, 0.05) is 37.3 Å². The Kier molecular flexibility index (Phi) is 6.10. The van der Waals surface area contributed by atoms with Gasteiger partial charge < -0.3 is 15.4 Å². The third-order valence-electron chi connectivity index (χ3n) is 5.16. The molecule has 0 aliphatic carbocycles. The molecule has 0 spiro atoms. The van der Waals surface area contributed by atoms with E-state index in [4.69, 9.17) is 4.74 Å². The van der Waals surface area contributed by atoms with E-state index in [0.717, 1.165) is 44.7 Å². The fourth-order valence-electron chi connectivity index (χ4n) is 4.04. The lowest BCUT2D eigenvalue weighted by Crippen LogP contribution is -2.45. The Morgan fingerprint density at radius 3 is 2.68 bits per heavy atom. The van der Waals surface area contributed by atoms with Crippen molar-refractivity contribution in [2.75, 3.05) is 25.0 Å². The molecule has 2 aliphatic rings. The van der Waals surface area contributed by atoms with Crippen LogP contribution < -0.4 is 10.6 Å². The highest BCUT2D eigenvalue weighted by Crippen LogP contribution is 2.23. The molecule has 1 aromatic rings. The van der Waals surface area contributed by atoms with E-state index in [0.29, 0.717) is 6.04 Å². The van der Waals surface area contributed by atoms with Crippen LogP contribution in [0.2, 0.25) is 0 Å². The fraction of sp³-hybridized carbons (Fsp3) is 0.650. The van der Waals surface area contributed by atoms with Gasteiger partial charge in [-0.3, -0.25) is 9.69 Å². The van der Waals surface area contributed by atoms with Crippen molar-refractivity contribution in [3.63, 3.8) is 0 Å². The number of nitrogens with zero attached hydrogens (tertiary/aromatic N) is 1. The first kappa shape index (κ1) is 18.4. The summed E-state index contributed by atoms with van der Waals surface area (Å²) in [4.78, 5) is 15.1. The highest BCUT2D eigenvalue weighted by atomic mass is 16.5. The van der Waals surface area contributed by atoms with Gasteiger partial charge in [-0.25, -0.2) is 0 Å². The molecule has 4 atom stereocenters. The second-order valence-corrected chi connectivity index (χ2v) is 7.67. The Morgan fingerprint density at radius 1 is 1.24 bits per heavy atom. The normalized spacial score (nSPS) is 30.8. The number of ether oxygens (including phenoxy) is 1. The number of benzene rings is 1. The van der Waals surface area contributed by atoms with Crippen molar-refractivity contribution < 1.29 is 9.53 Å².